The van der Waals surface area contributed by atoms with Gasteiger partial charge in [0.05, 0.1) is 11.5 Å². The van der Waals surface area contributed by atoms with Gasteiger partial charge in [-0.25, -0.2) is 0 Å². The van der Waals surface area contributed by atoms with Crippen LogP contribution in [0.25, 0.3) is 0 Å². The molecule has 1 aromatic heterocycles. The van der Waals surface area contributed by atoms with Gasteiger partial charge in [0.25, 0.3) is 5.91 Å². The lowest BCUT2D eigenvalue weighted by Crippen LogP contribution is -2.62. The minimum absolute atomic E-state index is 0.0757. The number of anilines is 1. The third kappa shape index (κ3) is 3.56. The number of fused-ring (bicyclic) bond motifs is 1. The Labute approximate surface area is 175 Å². The van der Waals surface area contributed by atoms with Gasteiger partial charge in [0.2, 0.25) is 11.0 Å². The number of amides is 2. The fraction of sp³-hybridized carbons (Fsp3) is 0.545. The van der Waals surface area contributed by atoms with E-state index in [4.69, 9.17) is 0 Å². The first-order valence-corrected chi connectivity index (χ1v) is 11.4. The lowest BCUT2D eigenvalue weighted by molar-refractivity contribution is -0.122. The molecule has 1 aliphatic carbocycles. The Balaban J connectivity index is 1.80. The molecule has 29 heavy (non-hydrogen) atoms. The summed E-state index contributed by atoms with van der Waals surface area (Å²) in [5, 5.41) is 12.4. The molecule has 1 N–H and O–H groups in total. The molecule has 2 amide bonds. The molecule has 1 aromatic carbocycles. The van der Waals surface area contributed by atoms with Crippen molar-refractivity contribution < 1.29 is 9.59 Å². The van der Waals surface area contributed by atoms with Gasteiger partial charge in [0, 0.05) is 12.1 Å². The second kappa shape index (κ2) is 8.22. The topological polar surface area (TPSA) is 75.2 Å². The van der Waals surface area contributed by atoms with E-state index in [0.717, 1.165) is 55.5 Å². The Morgan fingerprint density at radius 2 is 2.00 bits per heavy atom. The van der Waals surface area contributed by atoms with Gasteiger partial charge >= 0.3 is 0 Å². The van der Waals surface area contributed by atoms with Crippen molar-refractivity contribution in [2.24, 2.45) is 0 Å². The third-order valence-electron chi connectivity index (χ3n) is 6.30. The SMILES string of the molecule is CCCCN1C(=O)c2ccccc2[C@H](C(=O)Nc2nnc(C)s2)C12CCCCC2. The Bertz CT molecular complexity index is 904. The van der Waals surface area contributed by atoms with Gasteiger partial charge in [-0.15, -0.1) is 10.2 Å². The van der Waals surface area contributed by atoms with Crippen LogP contribution >= 0.6 is 11.3 Å². The Hall–Kier alpha value is -2.28. The monoisotopic (exact) mass is 412 g/mol. The normalized spacial score (nSPS) is 20.6. The van der Waals surface area contributed by atoms with Gasteiger partial charge in [-0.2, -0.15) is 0 Å². The minimum Gasteiger partial charge on any atom is -0.332 e. The molecule has 2 aromatic rings. The summed E-state index contributed by atoms with van der Waals surface area (Å²) in [5.74, 6) is -0.394. The van der Waals surface area contributed by atoms with Gasteiger partial charge in [0.1, 0.15) is 5.01 Å². The number of aryl methyl sites for hydroxylation is 1. The fourth-order valence-corrected chi connectivity index (χ4v) is 5.60. The summed E-state index contributed by atoms with van der Waals surface area (Å²) >= 11 is 1.38. The molecule has 0 radical (unpaired) electrons. The van der Waals surface area contributed by atoms with Crippen LogP contribution in [0.1, 0.15) is 78.7 Å². The molecule has 2 heterocycles. The summed E-state index contributed by atoms with van der Waals surface area (Å²) in [6, 6.07) is 7.63. The molecule has 1 aliphatic heterocycles. The number of aromatic nitrogens is 2. The highest BCUT2D eigenvalue weighted by atomic mass is 32.1. The summed E-state index contributed by atoms with van der Waals surface area (Å²) in [4.78, 5) is 29.2. The number of carbonyl (C=O) groups excluding carboxylic acids is 2. The second-order valence-corrected chi connectivity index (χ2v) is 9.29. The molecule has 7 heteroatoms. The zero-order valence-electron chi connectivity index (χ0n) is 17.1. The molecule has 0 bridgehead atoms. The van der Waals surface area contributed by atoms with Crippen molar-refractivity contribution in [2.75, 3.05) is 11.9 Å². The van der Waals surface area contributed by atoms with Crippen LogP contribution < -0.4 is 5.32 Å². The Kier molecular flexibility index (Phi) is 5.67. The van der Waals surface area contributed by atoms with Gasteiger partial charge < -0.3 is 4.90 Å². The third-order valence-corrected chi connectivity index (χ3v) is 7.05. The van der Waals surface area contributed by atoms with Crippen LogP contribution in [0.5, 0.6) is 0 Å². The zero-order valence-corrected chi connectivity index (χ0v) is 17.9. The molecule has 2 aliphatic rings. The van der Waals surface area contributed by atoms with E-state index in [1.807, 2.05) is 36.1 Å². The first-order valence-electron chi connectivity index (χ1n) is 10.6. The number of nitrogens with zero attached hydrogens (tertiary/aromatic N) is 3. The quantitative estimate of drug-likeness (QED) is 0.783. The molecule has 0 unspecified atom stereocenters. The molecule has 1 atom stereocenters. The van der Waals surface area contributed by atoms with Crippen molar-refractivity contribution in [3.63, 3.8) is 0 Å². The Morgan fingerprint density at radius 1 is 1.24 bits per heavy atom. The highest BCUT2D eigenvalue weighted by Gasteiger charge is 2.54. The summed E-state index contributed by atoms with van der Waals surface area (Å²) in [7, 11) is 0. The van der Waals surface area contributed by atoms with Crippen molar-refractivity contribution >= 4 is 28.3 Å². The first kappa shape index (κ1) is 20.0. The average Bonchev–Trinajstić information content (AvgIpc) is 3.13. The number of hydrogen-bond acceptors (Lipinski definition) is 5. The maximum Gasteiger partial charge on any atom is 0.254 e. The van der Waals surface area contributed by atoms with Gasteiger partial charge in [-0.3, -0.25) is 14.9 Å². The molecule has 6 nitrogen and oxygen atoms in total. The standard InChI is InChI=1S/C22H28N4O2S/c1-3-4-14-26-20(28)17-11-7-6-10-16(17)18(22(26)12-8-5-9-13-22)19(27)23-21-25-24-15(2)29-21/h6-7,10-11,18H,3-5,8-9,12-14H2,1-2H3,(H,23,25,27)/t18-/m1/s1. The van der Waals surface area contributed by atoms with Crippen LogP contribution in [0, 0.1) is 6.92 Å². The molecular weight excluding hydrogens is 384 g/mol. The summed E-state index contributed by atoms with van der Waals surface area (Å²) in [5.41, 5.74) is 1.06. The van der Waals surface area contributed by atoms with Crippen LogP contribution in [0.3, 0.4) is 0 Å². The van der Waals surface area contributed by atoms with Gasteiger partial charge in [-0.05, 0) is 37.8 Å². The largest absolute Gasteiger partial charge is 0.332 e. The van der Waals surface area contributed by atoms with Crippen molar-refractivity contribution in [1.82, 2.24) is 15.1 Å². The van der Waals surface area contributed by atoms with Crippen LogP contribution in [-0.2, 0) is 4.79 Å². The van der Waals surface area contributed by atoms with Crippen LogP contribution in [-0.4, -0.2) is 39.0 Å². The van der Waals surface area contributed by atoms with Crippen molar-refractivity contribution in [1.29, 1.82) is 0 Å². The van der Waals surface area contributed by atoms with Crippen molar-refractivity contribution in [3.8, 4) is 0 Å². The zero-order chi connectivity index (χ0) is 20.4. The number of rotatable bonds is 5. The maximum atomic E-state index is 13.6. The molecule has 154 valence electrons. The number of hydrogen-bond donors (Lipinski definition) is 1. The molecule has 1 saturated carbocycles. The lowest BCUT2D eigenvalue weighted by Gasteiger charge is -2.53. The van der Waals surface area contributed by atoms with Crippen LogP contribution in [0.2, 0.25) is 0 Å². The predicted octanol–water partition coefficient (Wildman–Crippen LogP) is 4.53. The smallest absolute Gasteiger partial charge is 0.254 e. The molecule has 0 saturated heterocycles. The van der Waals surface area contributed by atoms with E-state index in [0.29, 0.717) is 17.2 Å². The van der Waals surface area contributed by atoms with Crippen LogP contribution in [0.15, 0.2) is 24.3 Å². The molecule has 4 rings (SSSR count). The first-order chi connectivity index (χ1) is 14.1. The molecular formula is C22H28N4O2S. The number of carbonyl (C=O) groups is 2. The lowest BCUT2D eigenvalue weighted by atomic mass is 9.65. The minimum atomic E-state index is -0.456. The van der Waals surface area contributed by atoms with Crippen molar-refractivity contribution in [3.05, 3.63) is 40.4 Å². The van der Waals surface area contributed by atoms with Gasteiger partial charge in [0.15, 0.2) is 0 Å². The molecule has 1 spiro atoms. The van der Waals surface area contributed by atoms with Gasteiger partial charge in [-0.1, -0.05) is 62.1 Å². The van der Waals surface area contributed by atoms with Crippen LogP contribution in [0.4, 0.5) is 5.13 Å². The molecule has 1 fully saturated rings. The fourth-order valence-electron chi connectivity index (χ4n) is 5.01. The number of nitrogens with one attached hydrogen (secondary N) is 1. The number of benzene rings is 1. The van der Waals surface area contributed by atoms with E-state index in [1.54, 1.807) is 0 Å². The van der Waals surface area contributed by atoms with E-state index >= 15 is 0 Å². The number of unbranched alkanes of at least 4 members (excludes halogenated alkanes) is 1. The van der Waals surface area contributed by atoms with E-state index in [1.165, 1.54) is 11.3 Å². The van der Waals surface area contributed by atoms with E-state index < -0.39 is 11.5 Å². The predicted molar refractivity (Wildman–Crippen MR) is 114 cm³/mol. The Morgan fingerprint density at radius 3 is 2.69 bits per heavy atom. The summed E-state index contributed by atoms with van der Waals surface area (Å²) in [6.45, 7) is 4.71. The summed E-state index contributed by atoms with van der Waals surface area (Å²) in [6.07, 6.45) is 6.93. The van der Waals surface area contributed by atoms with E-state index in [2.05, 4.69) is 22.4 Å². The maximum absolute atomic E-state index is 13.6. The van der Waals surface area contributed by atoms with E-state index in [-0.39, 0.29) is 11.8 Å². The summed E-state index contributed by atoms with van der Waals surface area (Å²) < 4.78 is 0. The second-order valence-electron chi connectivity index (χ2n) is 8.11. The average molecular weight is 413 g/mol. The van der Waals surface area contributed by atoms with E-state index in [9.17, 15) is 9.59 Å². The highest BCUT2D eigenvalue weighted by Crippen LogP contribution is 2.49. The highest BCUT2D eigenvalue weighted by molar-refractivity contribution is 7.15. The van der Waals surface area contributed by atoms with Crippen molar-refractivity contribution in [2.45, 2.75) is 70.3 Å².